The lowest BCUT2D eigenvalue weighted by atomic mass is 9.98. The lowest BCUT2D eigenvalue weighted by Gasteiger charge is -2.13. The number of methoxy groups -OCH3 is 1. The third-order valence-corrected chi connectivity index (χ3v) is 7.04. The Hall–Kier alpha value is -4.87. The van der Waals surface area contributed by atoms with Gasteiger partial charge in [-0.3, -0.25) is 14.2 Å². The average Bonchev–Trinajstić information content (AvgIpc) is 3.65. The number of ether oxygens (including phenoxy) is 1. The van der Waals surface area contributed by atoms with Gasteiger partial charge in [-0.2, -0.15) is 0 Å². The van der Waals surface area contributed by atoms with Gasteiger partial charge in [0.25, 0.3) is 5.56 Å². The topological polar surface area (TPSA) is 143 Å². The van der Waals surface area contributed by atoms with Crippen LogP contribution >= 0.6 is 0 Å². The molecule has 0 aliphatic rings. The largest absolute Gasteiger partial charge is 0.468 e. The summed E-state index contributed by atoms with van der Waals surface area (Å²) in [6.07, 6.45) is 3.14. The van der Waals surface area contributed by atoms with Gasteiger partial charge in [0.2, 0.25) is 0 Å². The molecule has 12 nitrogen and oxygen atoms in total. The molecule has 0 fully saturated rings. The maximum Gasteiger partial charge on any atom is 0.333 e. The fourth-order valence-electron chi connectivity index (χ4n) is 4.98. The van der Waals surface area contributed by atoms with E-state index in [9.17, 15) is 14.4 Å². The number of nitrogens with zero attached hydrogens (tertiary/aromatic N) is 7. The van der Waals surface area contributed by atoms with Crippen molar-refractivity contribution in [1.82, 2.24) is 39.3 Å². The first-order chi connectivity index (χ1) is 20.0. The molecule has 0 saturated carbocycles. The van der Waals surface area contributed by atoms with Crippen LogP contribution in [0.3, 0.4) is 0 Å². The predicted molar refractivity (Wildman–Crippen MR) is 153 cm³/mol. The van der Waals surface area contributed by atoms with Crippen LogP contribution < -0.4 is 11.2 Å². The van der Waals surface area contributed by atoms with E-state index in [1.165, 1.54) is 11.7 Å². The number of H-pyrrole nitrogens is 1. The number of carbonyl (C=O) groups excluding carboxylic acids is 1. The van der Waals surface area contributed by atoms with Crippen molar-refractivity contribution in [1.29, 1.82) is 0 Å². The van der Waals surface area contributed by atoms with Gasteiger partial charge >= 0.3 is 11.7 Å². The zero-order chi connectivity index (χ0) is 28.9. The SMILES string of the molecule is CCCCc1nc2c(c(=O)n(CC(=O)OC)c(=O)n2CCC)n1Cc1ccc(-c2ccccc2-c2nnn[nH]2)cc1. The number of hydrogen-bond donors (Lipinski definition) is 1. The van der Waals surface area contributed by atoms with E-state index < -0.39 is 23.8 Å². The van der Waals surface area contributed by atoms with E-state index in [0.717, 1.165) is 45.5 Å². The van der Waals surface area contributed by atoms with Crippen molar-refractivity contribution in [2.24, 2.45) is 0 Å². The Balaban J connectivity index is 1.60. The number of benzene rings is 2. The fourth-order valence-corrected chi connectivity index (χ4v) is 4.98. The first-order valence-electron chi connectivity index (χ1n) is 13.7. The summed E-state index contributed by atoms with van der Waals surface area (Å²) in [4.78, 5) is 43.9. The van der Waals surface area contributed by atoms with Gasteiger partial charge in [0.05, 0.1) is 7.11 Å². The Labute approximate surface area is 235 Å². The van der Waals surface area contributed by atoms with E-state index in [1.54, 1.807) is 0 Å². The molecule has 0 aliphatic carbocycles. The van der Waals surface area contributed by atoms with E-state index in [4.69, 9.17) is 9.72 Å². The maximum absolute atomic E-state index is 13.7. The number of rotatable bonds is 11. The van der Waals surface area contributed by atoms with Crippen LogP contribution in [0.25, 0.3) is 33.7 Å². The minimum Gasteiger partial charge on any atom is -0.468 e. The molecular weight excluding hydrogens is 524 g/mol. The summed E-state index contributed by atoms with van der Waals surface area (Å²) in [6, 6.07) is 15.9. The highest BCUT2D eigenvalue weighted by atomic mass is 16.5. The quantitative estimate of drug-likeness (QED) is 0.245. The van der Waals surface area contributed by atoms with E-state index in [1.807, 2.05) is 60.0 Å². The molecule has 41 heavy (non-hydrogen) atoms. The second kappa shape index (κ2) is 12.1. The number of fused-ring (bicyclic) bond motifs is 1. The lowest BCUT2D eigenvalue weighted by Crippen LogP contribution is -2.42. The highest BCUT2D eigenvalue weighted by Crippen LogP contribution is 2.30. The van der Waals surface area contributed by atoms with Gasteiger partial charge in [-0.15, -0.1) is 5.10 Å². The molecule has 212 valence electrons. The van der Waals surface area contributed by atoms with Crippen LogP contribution in [0.5, 0.6) is 0 Å². The number of aromatic nitrogens is 8. The van der Waals surface area contributed by atoms with Crippen LogP contribution in [-0.2, 0) is 35.6 Å². The van der Waals surface area contributed by atoms with Crippen molar-refractivity contribution in [2.75, 3.05) is 7.11 Å². The summed E-state index contributed by atoms with van der Waals surface area (Å²) in [5.74, 6) is 0.642. The zero-order valence-corrected chi connectivity index (χ0v) is 23.3. The molecule has 12 heteroatoms. The summed E-state index contributed by atoms with van der Waals surface area (Å²) in [5.41, 5.74) is 3.34. The minimum absolute atomic E-state index is 0.306. The number of nitrogens with one attached hydrogen (secondary N) is 1. The molecule has 3 aromatic heterocycles. The van der Waals surface area contributed by atoms with E-state index in [-0.39, 0.29) is 0 Å². The third kappa shape index (κ3) is 5.45. The smallest absolute Gasteiger partial charge is 0.333 e. The molecule has 2 aromatic carbocycles. The van der Waals surface area contributed by atoms with Gasteiger partial charge in [0.15, 0.2) is 17.0 Å². The molecule has 5 rings (SSSR count). The normalized spacial score (nSPS) is 11.3. The Bertz CT molecular complexity index is 1780. The summed E-state index contributed by atoms with van der Waals surface area (Å²) in [6.45, 7) is 4.33. The van der Waals surface area contributed by atoms with Gasteiger partial charge in [-0.05, 0) is 40.0 Å². The summed E-state index contributed by atoms with van der Waals surface area (Å²) in [5, 5.41) is 14.3. The molecule has 0 bridgehead atoms. The van der Waals surface area contributed by atoms with Crippen molar-refractivity contribution in [3.8, 4) is 22.5 Å². The molecule has 0 saturated heterocycles. The number of unbranched alkanes of at least 4 members (excludes halogenated alkanes) is 1. The van der Waals surface area contributed by atoms with Gasteiger partial charge in [0, 0.05) is 25.1 Å². The van der Waals surface area contributed by atoms with Crippen LogP contribution in [0.2, 0.25) is 0 Å². The molecule has 3 heterocycles. The highest BCUT2D eigenvalue weighted by molar-refractivity contribution is 5.80. The zero-order valence-electron chi connectivity index (χ0n) is 23.3. The number of hydrogen-bond acceptors (Lipinski definition) is 8. The second-order valence-electron chi connectivity index (χ2n) is 9.78. The van der Waals surface area contributed by atoms with Gasteiger partial charge in [-0.1, -0.05) is 68.8 Å². The fraction of sp³-hybridized carbons (Fsp3) is 0.345. The molecule has 0 unspecified atom stereocenters. The van der Waals surface area contributed by atoms with Crippen molar-refractivity contribution < 1.29 is 9.53 Å². The van der Waals surface area contributed by atoms with Crippen molar-refractivity contribution >= 4 is 17.1 Å². The highest BCUT2D eigenvalue weighted by Gasteiger charge is 2.23. The molecule has 0 amide bonds. The molecule has 5 aromatic rings. The minimum atomic E-state index is -0.666. The van der Waals surface area contributed by atoms with Crippen molar-refractivity contribution in [3.63, 3.8) is 0 Å². The van der Waals surface area contributed by atoms with Crippen molar-refractivity contribution in [3.05, 3.63) is 80.8 Å². The van der Waals surface area contributed by atoms with Gasteiger partial charge < -0.3 is 9.30 Å². The molecule has 1 N–H and O–H groups in total. The van der Waals surface area contributed by atoms with Crippen LogP contribution in [0.1, 0.15) is 44.5 Å². The third-order valence-electron chi connectivity index (χ3n) is 7.04. The molecule has 0 spiro atoms. The van der Waals surface area contributed by atoms with Gasteiger partial charge in [-0.25, -0.2) is 19.4 Å². The number of esters is 1. The Morgan fingerprint density at radius 2 is 1.71 bits per heavy atom. The Kier molecular flexibility index (Phi) is 8.18. The second-order valence-corrected chi connectivity index (χ2v) is 9.78. The lowest BCUT2D eigenvalue weighted by molar-refractivity contribution is -0.141. The van der Waals surface area contributed by atoms with Crippen LogP contribution in [0, 0.1) is 0 Å². The summed E-state index contributed by atoms with van der Waals surface area (Å²) < 4.78 is 9.08. The van der Waals surface area contributed by atoms with Crippen LogP contribution in [0.4, 0.5) is 0 Å². The van der Waals surface area contributed by atoms with Gasteiger partial charge in [0.1, 0.15) is 12.4 Å². The standard InChI is InChI=1S/C29H32N8O4/c1-4-6-11-23-30-27-25(28(39)37(18-24(38)41-3)29(40)35(27)16-5-2)36(23)17-19-12-14-20(15-13-19)21-9-7-8-10-22(21)26-31-33-34-32-26/h7-10,12-15H,4-6,11,16-18H2,1-3H3,(H,31,32,33,34). The summed E-state index contributed by atoms with van der Waals surface area (Å²) in [7, 11) is 1.23. The Morgan fingerprint density at radius 3 is 2.37 bits per heavy atom. The molecule has 0 atom stereocenters. The number of aryl methyl sites for hydroxylation is 2. The first kappa shape index (κ1) is 27.7. The number of imidazole rings is 1. The average molecular weight is 557 g/mol. The van der Waals surface area contributed by atoms with Crippen molar-refractivity contribution in [2.45, 2.75) is 59.2 Å². The van der Waals surface area contributed by atoms with E-state index in [2.05, 4.69) is 27.5 Å². The van der Waals surface area contributed by atoms with Crippen LogP contribution in [0.15, 0.2) is 58.1 Å². The number of carbonyl (C=O) groups is 1. The number of tetrazole rings is 1. The van der Waals surface area contributed by atoms with E-state index >= 15 is 0 Å². The van der Waals surface area contributed by atoms with Crippen LogP contribution in [-0.4, -0.2) is 52.4 Å². The molecule has 0 aliphatic heterocycles. The summed E-state index contributed by atoms with van der Waals surface area (Å²) >= 11 is 0. The first-order valence-corrected chi connectivity index (χ1v) is 13.7. The number of aromatic amines is 1. The monoisotopic (exact) mass is 556 g/mol. The molecular formula is C29H32N8O4. The van der Waals surface area contributed by atoms with E-state index in [0.29, 0.717) is 42.9 Å². The molecule has 0 radical (unpaired) electrons. The Morgan fingerprint density at radius 1 is 0.951 bits per heavy atom. The predicted octanol–water partition coefficient (Wildman–Crippen LogP) is 3.18. The maximum atomic E-state index is 13.7.